The second-order valence-electron chi connectivity index (χ2n) is 5.00. The van der Waals surface area contributed by atoms with Gasteiger partial charge in [0.05, 0.1) is 5.75 Å². The van der Waals surface area contributed by atoms with E-state index in [-0.39, 0.29) is 5.75 Å². The normalized spacial score (nSPS) is 11.6. The average molecular weight is 319 g/mol. The van der Waals surface area contributed by atoms with Crippen LogP contribution in [0.4, 0.5) is 5.69 Å². The fraction of sp³-hybridized carbons (Fsp3) is 0.571. The fourth-order valence-corrected chi connectivity index (χ4v) is 2.60. The lowest BCUT2D eigenvalue weighted by atomic mass is 10.2. The topological polar surface area (TPSA) is 49.4 Å². The number of rotatable bonds is 8. The summed E-state index contributed by atoms with van der Waals surface area (Å²) in [5.74, 6) is 0.140. The van der Waals surface area contributed by atoms with Gasteiger partial charge in [-0.25, -0.2) is 8.42 Å². The van der Waals surface area contributed by atoms with E-state index in [0.29, 0.717) is 11.6 Å². The van der Waals surface area contributed by atoms with Crippen molar-refractivity contribution in [2.45, 2.75) is 19.9 Å². The van der Waals surface area contributed by atoms with Crippen molar-refractivity contribution in [1.82, 2.24) is 5.32 Å². The molecule has 1 aromatic carbocycles. The molecule has 1 N–H and O–H groups in total. The number of nitrogens with zero attached hydrogens (tertiary/aromatic N) is 1. The Morgan fingerprint density at radius 1 is 1.35 bits per heavy atom. The van der Waals surface area contributed by atoms with Gasteiger partial charge in [-0.1, -0.05) is 24.6 Å². The Balaban J connectivity index is 2.66. The zero-order valence-electron chi connectivity index (χ0n) is 12.3. The van der Waals surface area contributed by atoms with E-state index in [1.54, 1.807) is 0 Å². The number of sulfone groups is 1. The van der Waals surface area contributed by atoms with E-state index in [9.17, 15) is 8.42 Å². The Morgan fingerprint density at radius 3 is 2.60 bits per heavy atom. The molecular weight excluding hydrogens is 296 g/mol. The molecule has 20 heavy (non-hydrogen) atoms. The van der Waals surface area contributed by atoms with Crippen molar-refractivity contribution in [3.63, 3.8) is 0 Å². The van der Waals surface area contributed by atoms with Gasteiger partial charge in [0.1, 0.15) is 9.84 Å². The number of nitrogens with one attached hydrogen (secondary N) is 1. The lowest BCUT2D eigenvalue weighted by Gasteiger charge is -2.20. The molecule has 0 aliphatic heterocycles. The summed E-state index contributed by atoms with van der Waals surface area (Å²) in [5, 5.41) is 4.01. The zero-order valence-corrected chi connectivity index (χ0v) is 13.9. The monoisotopic (exact) mass is 318 g/mol. The maximum absolute atomic E-state index is 11.2. The van der Waals surface area contributed by atoms with Crippen LogP contribution < -0.4 is 10.2 Å². The number of hydrogen-bond donors (Lipinski definition) is 1. The molecule has 0 aromatic heterocycles. The third kappa shape index (κ3) is 6.11. The van der Waals surface area contributed by atoms with Crippen molar-refractivity contribution < 1.29 is 8.42 Å². The van der Waals surface area contributed by atoms with Crippen LogP contribution in [0.2, 0.25) is 5.02 Å². The first-order valence-electron chi connectivity index (χ1n) is 6.71. The van der Waals surface area contributed by atoms with Crippen molar-refractivity contribution in [3.8, 4) is 0 Å². The molecule has 0 saturated carbocycles. The van der Waals surface area contributed by atoms with Crippen LogP contribution in [0.25, 0.3) is 0 Å². The first-order chi connectivity index (χ1) is 9.33. The summed E-state index contributed by atoms with van der Waals surface area (Å²) in [6.07, 6.45) is 2.33. The second kappa shape index (κ2) is 7.86. The third-order valence-corrected chi connectivity index (χ3v) is 4.29. The standard InChI is InChI=1S/C14H23ClN2O2S/c1-4-7-16-11-12-5-6-13(10-14(12)15)17(2)8-9-20(3,18)19/h5-6,10,16H,4,7-9,11H2,1-3H3. The Kier molecular flexibility index (Phi) is 6.79. The van der Waals surface area contributed by atoms with Crippen LogP contribution in [0.5, 0.6) is 0 Å². The maximum Gasteiger partial charge on any atom is 0.149 e. The molecule has 1 rings (SSSR count). The predicted octanol–water partition coefficient (Wildman–Crippen LogP) is 2.32. The highest BCUT2D eigenvalue weighted by Gasteiger charge is 2.08. The van der Waals surface area contributed by atoms with Crippen LogP contribution in [-0.2, 0) is 16.4 Å². The van der Waals surface area contributed by atoms with E-state index in [1.165, 1.54) is 6.26 Å². The van der Waals surface area contributed by atoms with Crippen LogP contribution in [0.3, 0.4) is 0 Å². The molecule has 0 saturated heterocycles. The number of halogens is 1. The molecule has 0 bridgehead atoms. The first kappa shape index (κ1) is 17.3. The number of anilines is 1. The van der Waals surface area contributed by atoms with Gasteiger partial charge in [-0.15, -0.1) is 0 Å². The molecule has 0 radical (unpaired) electrons. The predicted molar refractivity (Wildman–Crippen MR) is 86.4 cm³/mol. The molecule has 6 heteroatoms. The van der Waals surface area contributed by atoms with Crippen molar-refractivity contribution in [1.29, 1.82) is 0 Å². The maximum atomic E-state index is 11.2. The van der Waals surface area contributed by atoms with Gasteiger partial charge < -0.3 is 10.2 Å². The van der Waals surface area contributed by atoms with E-state index < -0.39 is 9.84 Å². The summed E-state index contributed by atoms with van der Waals surface area (Å²) < 4.78 is 22.3. The molecule has 1 aromatic rings. The largest absolute Gasteiger partial charge is 0.374 e. The molecule has 4 nitrogen and oxygen atoms in total. The summed E-state index contributed by atoms with van der Waals surface area (Å²) in [6.45, 7) is 4.30. The molecule has 0 amide bonds. The van der Waals surface area contributed by atoms with Crippen LogP contribution in [0.15, 0.2) is 18.2 Å². The molecule has 0 aliphatic carbocycles. The quantitative estimate of drug-likeness (QED) is 0.747. The molecule has 0 heterocycles. The molecular formula is C14H23ClN2O2S. The molecule has 0 atom stereocenters. The second-order valence-corrected chi connectivity index (χ2v) is 7.67. The van der Waals surface area contributed by atoms with Crippen LogP contribution in [-0.4, -0.2) is 40.6 Å². The fourth-order valence-electron chi connectivity index (χ4n) is 1.75. The minimum absolute atomic E-state index is 0.140. The molecule has 114 valence electrons. The van der Waals surface area contributed by atoms with E-state index in [2.05, 4.69) is 12.2 Å². The Morgan fingerprint density at radius 2 is 2.05 bits per heavy atom. The number of benzene rings is 1. The van der Waals surface area contributed by atoms with Crippen LogP contribution in [0, 0.1) is 0 Å². The van der Waals surface area contributed by atoms with Gasteiger partial charge in [-0.3, -0.25) is 0 Å². The van der Waals surface area contributed by atoms with E-state index >= 15 is 0 Å². The van der Waals surface area contributed by atoms with Crippen molar-refractivity contribution in [2.75, 3.05) is 37.0 Å². The van der Waals surface area contributed by atoms with Gasteiger partial charge in [0.15, 0.2) is 0 Å². The minimum Gasteiger partial charge on any atom is -0.374 e. The van der Waals surface area contributed by atoms with Gasteiger partial charge in [-0.05, 0) is 30.7 Å². The molecule has 0 spiro atoms. The lowest BCUT2D eigenvalue weighted by molar-refractivity contribution is 0.601. The van der Waals surface area contributed by atoms with Gasteiger partial charge in [-0.2, -0.15) is 0 Å². The van der Waals surface area contributed by atoms with Crippen molar-refractivity contribution >= 4 is 27.1 Å². The summed E-state index contributed by atoms with van der Waals surface area (Å²) in [7, 11) is -1.08. The first-order valence-corrected chi connectivity index (χ1v) is 9.15. The van der Waals surface area contributed by atoms with Gasteiger partial charge in [0, 0.05) is 37.1 Å². The van der Waals surface area contributed by atoms with Crippen LogP contribution >= 0.6 is 11.6 Å². The van der Waals surface area contributed by atoms with E-state index in [1.807, 2.05) is 30.1 Å². The third-order valence-electron chi connectivity index (χ3n) is 3.02. The van der Waals surface area contributed by atoms with Gasteiger partial charge in [0.25, 0.3) is 0 Å². The van der Waals surface area contributed by atoms with E-state index in [0.717, 1.165) is 30.8 Å². The Bertz CT molecular complexity index is 532. The highest BCUT2D eigenvalue weighted by atomic mass is 35.5. The van der Waals surface area contributed by atoms with E-state index in [4.69, 9.17) is 11.6 Å². The van der Waals surface area contributed by atoms with Gasteiger partial charge >= 0.3 is 0 Å². The Labute approximate surface area is 127 Å². The number of hydrogen-bond acceptors (Lipinski definition) is 4. The minimum atomic E-state index is -2.95. The smallest absolute Gasteiger partial charge is 0.149 e. The Hall–Kier alpha value is -0.780. The molecule has 0 unspecified atom stereocenters. The van der Waals surface area contributed by atoms with Crippen LogP contribution in [0.1, 0.15) is 18.9 Å². The lowest BCUT2D eigenvalue weighted by Crippen LogP contribution is -2.24. The highest BCUT2D eigenvalue weighted by Crippen LogP contribution is 2.23. The molecule has 0 aliphatic rings. The molecule has 0 fully saturated rings. The summed E-state index contributed by atoms with van der Waals surface area (Å²) in [5.41, 5.74) is 1.98. The van der Waals surface area contributed by atoms with Crippen molar-refractivity contribution in [2.24, 2.45) is 0 Å². The summed E-state index contributed by atoms with van der Waals surface area (Å²) in [6, 6.07) is 5.83. The average Bonchev–Trinajstić information content (AvgIpc) is 2.37. The highest BCUT2D eigenvalue weighted by molar-refractivity contribution is 7.90. The SMILES string of the molecule is CCCNCc1ccc(N(C)CCS(C)(=O)=O)cc1Cl. The zero-order chi connectivity index (χ0) is 15.2. The van der Waals surface area contributed by atoms with Gasteiger partial charge in [0.2, 0.25) is 0 Å². The summed E-state index contributed by atoms with van der Waals surface area (Å²) in [4.78, 5) is 1.90. The summed E-state index contributed by atoms with van der Waals surface area (Å²) >= 11 is 6.26. The van der Waals surface area contributed by atoms with Crippen molar-refractivity contribution in [3.05, 3.63) is 28.8 Å².